The van der Waals surface area contributed by atoms with Crippen molar-refractivity contribution in [3.05, 3.63) is 47.5 Å². The van der Waals surface area contributed by atoms with Crippen LogP contribution in [0, 0.1) is 6.92 Å². The highest BCUT2D eigenvalue weighted by molar-refractivity contribution is 5.77. The predicted octanol–water partition coefficient (Wildman–Crippen LogP) is 1.88. The Morgan fingerprint density at radius 1 is 1.52 bits per heavy atom. The van der Waals surface area contributed by atoms with Crippen LogP contribution >= 0.6 is 0 Å². The quantitative estimate of drug-likeness (QED) is 0.881. The fourth-order valence-electron chi connectivity index (χ4n) is 3.05. The summed E-state index contributed by atoms with van der Waals surface area (Å²) >= 11 is 0. The number of nitrogens with zero attached hydrogens (tertiary/aromatic N) is 3. The summed E-state index contributed by atoms with van der Waals surface area (Å²) in [6.07, 6.45) is 4.50. The van der Waals surface area contributed by atoms with Crippen LogP contribution in [0.5, 0.6) is 5.75 Å². The molecule has 1 aromatic carbocycles. The highest BCUT2D eigenvalue weighted by atomic mass is 16.5. The summed E-state index contributed by atoms with van der Waals surface area (Å²) in [5.74, 6) is 0.804. The molecule has 2 aromatic rings. The van der Waals surface area contributed by atoms with Gasteiger partial charge in [-0.3, -0.25) is 9.69 Å². The van der Waals surface area contributed by atoms with Gasteiger partial charge in [0.05, 0.1) is 6.61 Å². The van der Waals surface area contributed by atoms with Crippen molar-refractivity contribution in [3.63, 3.8) is 0 Å². The second-order valence-electron chi connectivity index (χ2n) is 5.82. The zero-order valence-corrected chi connectivity index (χ0v) is 13.4. The van der Waals surface area contributed by atoms with Crippen molar-refractivity contribution in [3.8, 4) is 5.75 Å². The summed E-state index contributed by atoms with van der Waals surface area (Å²) in [5, 5.41) is 9.72. The minimum absolute atomic E-state index is 0.609. The van der Waals surface area contributed by atoms with Crippen LogP contribution in [-0.2, 0) is 17.8 Å². The number of aryl methyl sites for hydroxylation is 1. The van der Waals surface area contributed by atoms with Crippen LogP contribution in [0.1, 0.15) is 23.0 Å². The molecule has 0 radical (unpaired) electrons. The topological polar surface area (TPSA) is 67.6 Å². The molecule has 23 heavy (non-hydrogen) atoms. The number of aliphatic carboxylic acids is 1. The molecule has 0 spiro atoms. The number of rotatable bonds is 6. The Kier molecular flexibility index (Phi) is 4.34. The minimum Gasteiger partial charge on any atom is -0.493 e. The molecule has 2 heterocycles. The number of ether oxygens (including phenoxy) is 1. The van der Waals surface area contributed by atoms with Crippen molar-refractivity contribution >= 4 is 5.97 Å². The summed E-state index contributed by atoms with van der Waals surface area (Å²) in [5.41, 5.74) is 1.82. The second kappa shape index (κ2) is 6.42. The minimum atomic E-state index is -0.862. The van der Waals surface area contributed by atoms with Crippen molar-refractivity contribution < 1.29 is 14.6 Å². The van der Waals surface area contributed by atoms with E-state index < -0.39 is 12.0 Å². The first kappa shape index (κ1) is 15.6. The van der Waals surface area contributed by atoms with Crippen LogP contribution < -0.4 is 4.74 Å². The lowest BCUT2D eigenvalue weighted by atomic mass is 10.0. The van der Waals surface area contributed by atoms with Crippen LogP contribution in [0.25, 0.3) is 0 Å². The Hall–Kier alpha value is -2.34. The van der Waals surface area contributed by atoms with Gasteiger partial charge in [0.1, 0.15) is 17.6 Å². The molecule has 1 unspecified atom stereocenters. The van der Waals surface area contributed by atoms with Gasteiger partial charge in [-0.2, -0.15) is 0 Å². The van der Waals surface area contributed by atoms with E-state index in [1.165, 1.54) is 0 Å². The maximum Gasteiger partial charge on any atom is 0.325 e. The Balaban J connectivity index is 1.80. The molecule has 1 N–H and O–H groups in total. The molecule has 0 amide bonds. The molecular formula is C17H21N3O3. The van der Waals surface area contributed by atoms with Gasteiger partial charge in [-0.15, -0.1) is 0 Å². The summed E-state index contributed by atoms with van der Waals surface area (Å²) < 4.78 is 7.69. The summed E-state index contributed by atoms with van der Waals surface area (Å²) in [7, 11) is 1.83. The monoisotopic (exact) mass is 315 g/mol. The third-order valence-corrected chi connectivity index (χ3v) is 4.33. The van der Waals surface area contributed by atoms with E-state index in [4.69, 9.17) is 4.74 Å². The third kappa shape index (κ3) is 3.07. The summed E-state index contributed by atoms with van der Waals surface area (Å²) in [6.45, 7) is 3.86. The van der Waals surface area contributed by atoms with Gasteiger partial charge in [-0.05, 0) is 19.5 Å². The summed E-state index contributed by atoms with van der Waals surface area (Å²) in [6, 6.07) is 5.04. The molecule has 0 fully saturated rings. The van der Waals surface area contributed by atoms with E-state index in [2.05, 4.69) is 4.98 Å². The normalized spacial score (nSPS) is 14.6. The van der Waals surface area contributed by atoms with E-state index in [0.29, 0.717) is 19.7 Å². The number of hydrogen-bond acceptors (Lipinski definition) is 4. The molecule has 3 rings (SSSR count). The Labute approximate surface area is 135 Å². The highest BCUT2D eigenvalue weighted by Crippen LogP contribution is 2.35. The van der Waals surface area contributed by atoms with E-state index in [0.717, 1.165) is 29.1 Å². The number of carboxylic acids is 1. The Bertz CT molecular complexity index is 711. The lowest BCUT2D eigenvalue weighted by Gasteiger charge is -2.26. The summed E-state index contributed by atoms with van der Waals surface area (Å²) in [4.78, 5) is 17.9. The van der Waals surface area contributed by atoms with E-state index in [9.17, 15) is 9.90 Å². The molecule has 0 bridgehead atoms. The molecule has 1 aromatic heterocycles. The van der Waals surface area contributed by atoms with Crippen LogP contribution in [0.3, 0.4) is 0 Å². The molecule has 1 aliphatic heterocycles. The number of hydrogen-bond donors (Lipinski definition) is 1. The van der Waals surface area contributed by atoms with Crippen LogP contribution in [-0.4, -0.2) is 45.7 Å². The molecule has 6 nitrogen and oxygen atoms in total. The van der Waals surface area contributed by atoms with Crippen LogP contribution in [0.15, 0.2) is 30.6 Å². The van der Waals surface area contributed by atoms with E-state index in [-0.39, 0.29) is 0 Å². The van der Waals surface area contributed by atoms with Crippen molar-refractivity contribution in [1.29, 1.82) is 0 Å². The second-order valence-corrected chi connectivity index (χ2v) is 5.82. The number of carbonyl (C=O) groups is 1. The average Bonchev–Trinajstić information content (AvgIpc) is 3.14. The first-order valence-electron chi connectivity index (χ1n) is 7.73. The van der Waals surface area contributed by atoms with Gasteiger partial charge >= 0.3 is 5.97 Å². The van der Waals surface area contributed by atoms with Gasteiger partial charge in [-0.1, -0.05) is 18.2 Å². The molecule has 1 atom stereocenters. The number of para-hydroxylation sites is 1. The van der Waals surface area contributed by atoms with E-state index >= 15 is 0 Å². The molecule has 0 aliphatic carbocycles. The van der Waals surface area contributed by atoms with Crippen molar-refractivity contribution in [2.75, 3.05) is 20.2 Å². The van der Waals surface area contributed by atoms with Gasteiger partial charge in [0.2, 0.25) is 0 Å². The SMILES string of the molecule is Cc1nccn1CCN(C)C(C(=O)O)c1cccc2c1OCC2. The van der Waals surface area contributed by atoms with Crippen molar-refractivity contribution in [2.24, 2.45) is 0 Å². The van der Waals surface area contributed by atoms with Crippen LogP contribution in [0.2, 0.25) is 0 Å². The van der Waals surface area contributed by atoms with Crippen LogP contribution in [0.4, 0.5) is 0 Å². The van der Waals surface area contributed by atoms with Gasteiger partial charge in [0.15, 0.2) is 0 Å². The van der Waals surface area contributed by atoms with Gasteiger partial charge in [-0.25, -0.2) is 4.98 Å². The smallest absolute Gasteiger partial charge is 0.325 e. The number of likely N-dealkylation sites (N-methyl/N-ethyl adjacent to an activating group) is 1. The molecule has 0 saturated heterocycles. The Morgan fingerprint density at radius 3 is 3.04 bits per heavy atom. The number of carboxylic acid groups (broad SMARTS) is 1. The number of aromatic nitrogens is 2. The van der Waals surface area contributed by atoms with Crippen molar-refractivity contribution in [2.45, 2.75) is 25.9 Å². The fraction of sp³-hybridized carbons (Fsp3) is 0.412. The molecule has 122 valence electrons. The third-order valence-electron chi connectivity index (χ3n) is 4.33. The molecule has 1 aliphatic rings. The molecular weight excluding hydrogens is 294 g/mol. The molecule has 6 heteroatoms. The van der Waals surface area contributed by atoms with Gasteiger partial charge < -0.3 is 14.4 Å². The maximum atomic E-state index is 11.9. The maximum absolute atomic E-state index is 11.9. The zero-order valence-electron chi connectivity index (χ0n) is 13.4. The lowest BCUT2D eigenvalue weighted by molar-refractivity contribution is -0.143. The van der Waals surface area contributed by atoms with Gasteiger partial charge in [0.25, 0.3) is 0 Å². The van der Waals surface area contributed by atoms with Crippen molar-refractivity contribution in [1.82, 2.24) is 14.5 Å². The first-order chi connectivity index (χ1) is 11.1. The first-order valence-corrected chi connectivity index (χ1v) is 7.73. The van der Waals surface area contributed by atoms with Gasteiger partial charge in [0, 0.05) is 37.5 Å². The average molecular weight is 315 g/mol. The number of imidazole rings is 1. The van der Waals surface area contributed by atoms with E-state index in [1.807, 2.05) is 47.8 Å². The molecule has 0 saturated carbocycles. The predicted molar refractivity (Wildman–Crippen MR) is 85.6 cm³/mol. The Morgan fingerprint density at radius 2 is 2.35 bits per heavy atom. The van der Waals surface area contributed by atoms with E-state index in [1.54, 1.807) is 6.20 Å². The lowest BCUT2D eigenvalue weighted by Crippen LogP contribution is -2.33. The number of fused-ring (bicyclic) bond motifs is 1. The largest absolute Gasteiger partial charge is 0.493 e. The standard InChI is InChI=1S/C17H21N3O3/c1-12-18-7-8-20(12)10-9-19(2)15(17(21)22)14-5-3-4-13-6-11-23-16(13)14/h3-5,7-8,15H,6,9-11H2,1-2H3,(H,21,22). The fourth-order valence-corrected chi connectivity index (χ4v) is 3.05. The number of benzene rings is 1. The zero-order chi connectivity index (χ0) is 16.4. The highest BCUT2D eigenvalue weighted by Gasteiger charge is 2.30.